The van der Waals surface area contributed by atoms with E-state index in [0.717, 1.165) is 11.1 Å². The second-order valence-corrected chi connectivity index (χ2v) is 6.29. The van der Waals surface area contributed by atoms with Crippen molar-refractivity contribution in [3.63, 3.8) is 0 Å². The van der Waals surface area contributed by atoms with Gasteiger partial charge in [-0.05, 0) is 37.6 Å². The van der Waals surface area contributed by atoms with Crippen LogP contribution in [0.4, 0.5) is 10.3 Å². The Morgan fingerprint density at radius 1 is 1.36 bits per heavy atom. The smallest absolute Gasteiger partial charge is 0.227 e. The Kier molecular flexibility index (Phi) is 5.03. The molecule has 2 aromatic rings. The van der Waals surface area contributed by atoms with Crippen LogP contribution in [0.3, 0.4) is 0 Å². The van der Waals surface area contributed by atoms with Crippen LogP contribution in [0.1, 0.15) is 31.0 Å². The van der Waals surface area contributed by atoms with E-state index in [0.29, 0.717) is 16.9 Å². The zero-order valence-electron chi connectivity index (χ0n) is 13.0. The first-order chi connectivity index (χ1) is 10.4. The van der Waals surface area contributed by atoms with E-state index in [9.17, 15) is 4.39 Å². The lowest BCUT2D eigenvalue weighted by molar-refractivity contribution is 0.549. The third kappa shape index (κ3) is 3.39. The molecule has 0 aliphatic heterocycles. The van der Waals surface area contributed by atoms with Gasteiger partial charge in [0.2, 0.25) is 5.95 Å². The Morgan fingerprint density at radius 3 is 2.68 bits per heavy atom. The Bertz CT molecular complexity index is 702. The van der Waals surface area contributed by atoms with Gasteiger partial charge >= 0.3 is 0 Å². The van der Waals surface area contributed by atoms with Gasteiger partial charge in [-0.25, -0.2) is 4.39 Å². The van der Waals surface area contributed by atoms with E-state index in [4.69, 9.17) is 5.26 Å². The standard InChI is InChI=1S/C15H18FN5S/c1-10(2)21-14(20(3)4)18-19-15(21)22-9-12-7-11(8-17)5-6-13(12)16/h5-7,10H,9H2,1-4H3. The number of hydrogen-bond donors (Lipinski definition) is 0. The molecule has 0 bridgehead atoms. The van der Waals surface area contributed by atoms with Gasteiger partial charge in [-0.1, -0.05) is 11.8 Å². The molecule has 0 atom stereocenters. The van der Waals surface area contributed by atoms with Crippen molar-refractivity contribution in [1.29, 1.82) is 5.26 Å². The molecule has 0 amide bonds. The molecule has 0 aliphatic carbocycles. The number of rotatable bonds is 5. The molecule has 22 heavy (non-hydrogen) atoms. The Labute approximate surface area is 133 Å². The van der Waals surface area contributed by atoms with Crippen molar-refractivity contribution < 1.29 is 4.39 Å². The summed E-state index contributed by atoms with van der Waals surface area (Å²) in [6.45, 7) is 4.11. The lowest BCUT2D eigenvalue weighted by atomic mass is 10.1. The van der Waals surface area contributed by atoms with Crippen LogP contribution in [-0.4, -0.2) is 28.9 Å². The van der Waals surface area contributed by atoms with E-state index in [1.165, 1.54) is 23.9 Å². The molecule has 0 saturated carbocycles. The van der Waals surface area contributed by atoms with E-state index in [1.54, 1.807) is 6.07 Å². The zero-order valence-corrected chi connectivity index (χ0v) is 13.9. The van der Waals surface area contributed by atoms with Crippen LogP contribution in [0.15, 0.2) is 23.4 Å². The van der Waals surface area contributed by atoms with E-state index in [1.807, 2.05) is 29.6 Å². The van der Waals surface area contributed by atoms with Gasteiger partial charge in [-0.15, -0.1) is 10.2 Å². The fourth-order valence-electron chi connectivity index (χ4n) is 2.02. The van der Waals surface area contributed by atoms with Crippen molar-refractivity contribution in [3.8, 4) is 6.07 Å². The minimum atomic E-state index is -0.310. The first-order valence-corrected chi connectivity index (χ1v) is 7.86. The first-order valence-electron chi connectivity index (χ1n) is 6.87. The number of nitriles is 1. The van der Waals surface area contributed by atoms with E-state index >= 15 is 0 Å². The van der Waals surface area contributed by atoms with E-state index in [-0.39, 0.29) is 11.9 Å². The monoisotopic (exact) mass is 319 g/mol. The highest BCUT2D eigenvalue weighted by Crippen LogP contribution is 2.28. The predicted octanol–water partition coefficient (Wildman–Crippen LogP) is 3.23. The van der Waals surface area contributed by atoms with Crippen molar-refractivity contribution in [2.45, 2.75) is 30.8 Å². The Hall–Kier alpha value is -2.07. The number of anilines is 1. The SMILES string of the molecule is CC(C)n1c(SCc2cc(C#N)ccc2F)nnc1N(C)C. The molecule has 7 heteroatoms. The maximum absolute atomic E-state index is 13.8. The molecule has 0 fully saturated rings. The molecule has 1 aromatic heterocycles. The predicted molar refractivity (Wildman–Crippen MR) is 85.4 cm³/mol. The van der Waals surface area contributed by atoms with Crippen LogP contribution in [0.5, 0.6) is 0 Å². The van der Waals surface area contributed by atoms with Crippen molar-refractivity contribution in [2.75, 3.05) is 19.0 Å². The summed E-state index contributed by atoms with van der Waals surface area (Å²) >= 11 is 1.41. The summed E-state index contributed by atoms with van der Waals surface area (Å²) in [5, 5.41) is 18.0. The average molecular weight is 319 g/mol. The lowest BCUT2D eigenvalue weighted by Gasteiger charge is -2.17. The maximum Gasteiger partial charge on any atom is 0.227 e. The van der Waals surface area contributed by atoms with Gasteiger partial charge in [-0.3, -0.25) is 4.57 Å². The summed E-state index contributed by atoms with van der Waals surface area (Å²) in [6.07, 6.45) is 0. The molecule has 5 nitrogen and oxygen atoms in total. The third-order valence-electron chi connectivity index (χ3n) is 3.09. The largest absolute Gasteiger partial charge is 0.347 e. The highest BCUT2D eigenvalue weighted by atomic mass is 32.2. The minimum absolute atomic E-state index is 0.199. The zero-order chi connectivity index (χ0) is 16.3. The van der Waals surface area contributed by atoms with Crippen molar-refractivity contribution in [2.24, 2.45) is 0 Å². The first kappa shape index (κ1) is 16.3. The number of benzene rings is 1. The molecule has 0 spiro atoms. The van der Waals surface area contributed by atoms with Crippen LogP contribution in [0.2, 0.25) is 0 Å². The summed E-state index contributed by atoms with van der Waals surface area (Å²) < 4.78 is 15.8. The topological polar surface area (TPSA) is 57.7 Å². The molecule has 0 aliphatic rings. The molecular formula is C15H18FN5S. The van der Waals surface area contributed by atoms with E-state index in [2.05, 4.69) is 24.0 Å². The van der Waals surface area contributed by atoms with Crippen LogP contribution in [0.25, 0.3) is 0 Å². The molecule has 0 radical (unpaired) electrons. The summed E-state index contributed by atoms with van der Waals surface area (Å²) in [4.78, 5) is 1.90. The van der Waals surface area contributed by atoms with Crippen LogP contribution < -0.4 is 4.90 Å². The van der Waals surface area contributed by atoms with Gasteiger partial charge in [0.25, 0.3) is 0 Å². The van der Waals surface area contributed by atoms with Crippen molar-refractivity contribution >= 4 is 17.7 Å². The summed E-state index contributed by atoms with van der Waals surface area (Å²) in [5.74, 6) is 0.860. The number of thioether (sulfide) groups is 1. The van der Waals surface area contributed by atoms with Gasteiger partial charge in [-0.2, -0.15) is 5.26 Å². The van der Waals surface area contributed by atoms with Gasteiger partial charge in [0.1, 0.15) is 5.82 Å². The van der Waals surface area contributed by atoms with Crippen LogP contribution in [0, 0.1) is 17.1 Å². The summed E-state index contributed by atoms with van der Waals surface area (Å²) in [5.41, 5.74) is 0.949. The fraction of sp³-hybridized carbons (Fsp3) is 0.400. The minimum Gasteiger partial charge on any atom is -0.347 e. The molecule has 0 unspecified atom stereocenters. The van der Waals surface area contributed by atoms with Gasteiger partial charge in [0.05, 0.1) is 11.6 Å². The molecule has 1 heterocycles. The van der Waals surface area contributed by atoms with Crippen molar-refractivity contribution in [3.05, 3.63) is 35.1 Å². The summed E-state index contributed by atoms with van der Waals surface area (Å²) in [6, 6.07) is 6.60. The maximum atomic E-state index is 13.8. The van der Waals surface area contributed by atoms with Gasteiger partial charge in [0.15, 0.2) is 5.16 Å². The second-order valence-electron chi connectivity index (χ2n) is 5.35. The van der Waals surface area contributed by atoms with Crippen molar-refractivity contribution in [1.82, 2.24) is 14.8 Å². The normalized spacial score (nSPS) is 10.8. The highest BCUT2D eigenvalue weighted by molar-refractivity contribution is 7.98. The van der Waals surface area contributed by atoms with Crippen LogP contribution in [-0.2, 0) is 5.75 Å². The summed E-state index contributed by atoms with van der Waals surface area (Å²) in [7, 11) is 3.82. The number of nitrogens with zero attached hydrogens (tertiary/aromatic N) is 5. The van der Waals surface area contributed by atoms with Gasteiger partial charge in [0, 0.05) is 25.9 Å². The third-order valence-corrected chi connectivity index (χ3v) is 4.09. The molecular weight excluding hydrogens is 301 g/mol. The second kappa shape index (κ2) is 6.79. The Balaban J connectivity index is 2.24. The number of aromatic nitrogens is 3. The number of halogens is 1. The highest BCUT2D eigenvalue weighted by Gasteiger charge is 2.17. The molecule has 2 rings (SSSR count). The molecule has 0 saturated heterocycles. The quantitative estimate of drug-likeness (QED) is 0.792. The molecule has 0 N–H and O–H groups in total. The lowest BCUT2D eigenvalue weighted by Crippen LogP contribution is -2.17. The average Bonchev–Trinajstić information content (AvgIpc) is 2.90. The van der Waals surface area contributed by atoms with Crippen LogP contribution >= 0.6 is 11.8 Å². The number of hydrogen-bond acceptors (Lipinski definition) is 5. The van der Waals surface area contributed by atoms with Gasteiger partial charge < -0.3 is 4.90 Å². The molecule has 1 aromatic carbocycles. The fourth-order valence-corrected chi connectivity index (χ4v) is 3.06. The Morgan fingerprint density at radius 2 is 2.09 bits per heavy atom. The van der Waals surface area contributed by atoms with E-state index < -0.39 is 0 Å². The molecule has 116 valence electrons.